The molecule has 0 aliphatic heterocycles. The van der Waals surface area contributed by atoms with Crippen molar-refractivity contribution in [1.29, 1.82) is 0 Å². The fourth-order valence-electron chi connectivity index (χ4n) is 1.87. The first-order valence-corrected chi connectivity index (χ1v) is 6.64. The molecule has 18 heavy (non-hydrogen) atoms. The zero-order chi connectivity index (χ0) is 13.4. The molecule has 0 saturated carbocycles. The van der Waals surface area contributed by atoms with Crippen LogP contribution in [-0.2, 0) is 0 Å². The average molecular weight is 246 g/mol. The van der Waals surface area contributed by atoms with Crippen molar-refractivity contribution in [3.63, 3.8) is 0 Å². The number of carbonyl (C=O) groups is 1. The fraction of sp³-hybridized carbons (Fsp3) is 0.438. The lowest BCUT2D eigenvalue weighted by molar-refractivity contribution is 0.111. The highest BCUT2D eigenvalue weighted by Crippen LogP contribution is 2.24. The van der Waals surface area contributed by atoms with Gasteiger partial charge in [-0.25, -0.2) is 0 Å². The molecule has 0 fully saturated rings. The maximum atomic E-state index is 11.1. The summed E-state index contributed by atoms with van der Waals surface area (Å²) in [6.07, 6.45) is 6.02. The summed E-state index contributed by atoms with van der Waals surface area (Å²) in [7, 11) is 0. The van der Waals surface area contributed by atoms with Gasteiger partial charge in [-0.05, 0) is 43.0 Å². The number of benzene rings is 1. The van der Waals surface area contributed by atoms with Crippen molar-refractivity contribution >= 4 is 11.9 Å². The van der Waals surface area contributed by atoms with Crippen molar-refractivity contribution in [2.45, 2.75) is 40.0 Å². The van der Waals surface area contributed by atoms with Gasteiger partial charge in [0.1, 0.15) is 5.75 Å². The molecule has 2 heteroatoms. The van der Waals surface area contributed by atoms with E-state index in [-0.39, 0.29) is 0 Å². The largest absolute Gasteiger partial charge is 0.493 e. The molecule has 0 bridgehead atoms. The van der Waals surface area contributed by atoms with Gasteiger partial charge in [-0.3, -0.25) is 4.79 Å². The van der Waals surface area contributed by atoms with Gasteiger partial charge < -0.3 is 4.74 Å². The minimum Gasteiger partial charge on any atom is -0.493 e. The van der Waals surface area contributed by atoms with Gasteiger partial charge in [0.25, 0.3) is 0 Å². The van der Waals surface area contributed by atoms with Crippen LogP contribution >= 0.6 is 0 Å². The number of rotatable bonds is 7. The van der Waals surface area contributed by atoms with Crippen LogP contribution in [-0.4, -0.2) is 12.9 Å². The zero-order valence-corrected chi connectivity index (χ0v) is 11.5. The second kappa shape index (κ2) is 7.70. The number of aldehydes is 1. The van der Waals surface area contributed by atoms with Crippen LogP contribution in [0.2, 0.25) is 0 Å². The third-order valence-corrected chi connectivity index (χ3v) is 2.99. The first kappa shape index (κ1) is 14.5. The van der Waals surface area contributed by atoms with E-state index in [1.54, 1.807) is 0 Å². The van der Waals surface area contributed by atoms with Gasteiger partial charge >= 0.3 is 0 Å². The minimum atomic E-state index is 0.636. The molecule has 0 unspecified atom stereocenters. The number of ether oxygens (including phenoxy) is 1. The number of unbranched alkanes of at least 4 members (excludes halogenated alkanes) is 1. The van der Waals surface area contributed by atoms with Gasteiger partial charge in [-0.2, -0.15) is 0 Å². The predicted molar refractivity (Wildman–Crippen MR) is 76.2 cm³/mol. The van der Waals surface area contributed by atoms with E-state index in [2.05, 4.69) is 19.9 Å². The van der Waals surface area contributed by atoms with Gasteiger partial charge in [0.05, 0.1) is 12.2 Å². The predicted octanol–water partition coefficient (Wildman–Crippen LogP) is 4.49. The second-order valence-corrected chi connectivity index (χ2v) is 4.24. The number of hydrogen-bond donors (Lipinski definition) is 0. The number of hydrogen-bond acceptors (Lipinski definition) is 2. The first-order valence-electron chi connectivity index (χ1n) is 6.64. The van der Waals surface area contributed by atoms with Crippen LogP contribution in [0.4, 0.5) is 0 Å². The Labute approximate surface area is 110 Å². The number of allylic oxidation sites excluding steroid dienone is 2. The van der Waals surface area contributed by atoms with E-state index in [4.69, 9.17) is 4.74 Å². The van der Waals surface area contributed by atoms with E-state index in [1.165, 1.54) is 5.57 Å². The molecule has 1 aromatic carbocycles. The first-order chi connectivity index (χ1) is 8.76. The third-order valence-electron chi connectivity index (χ3n) is 2.99. The lowest BCUT2D eigenvalue weighted by Crippen LogP contribution is -2.00. The molecule has 0 aromatic heterocycles. The van der Waals surface area contributed by atoms with Gasteiger partial charge in [0.2, 0.25) is 0 Å². The van der Waals surface area contributed by atoms with E-state index in [0.29, 0.717) is 17.9 Å². The SMILES string of the molecule is C/C=C(/CC)c1ccc(OCCCC)c(C=O)c1. The van der Waals surface area contributed by atoms with Crippen LogP contribution in [0.25, 0.3) is 5.57 Å². The van der Waals surface area contributed by atoms with Crippen LogP contribution < -0.4 is 4.74 Å². The Bertz CT molecular complexity index is 419. The lowest BCUT2D eigenvalue weighted by Gasteiger charge is -2.11. The smallest absolute Gasteiger partial charge is 0.153 e. The molecule has 0 N–H and O–H groups in total. The Morgan fingerprint density at radius 3 is 2.67 bits per heavy atom. The van der Waals surface area contributed by atoms with E-state index in [1.807, 2.05) is 25.1 Å². The van der Waals surface area contributed by atoms with Gasteiger partial charge in [-0.1, -0.05) is 32.4 Å². The van der Waals surface area contributed by atoms with Crippen LogP contribution in [0.3, 0.4) is 0 Å². The van der Waals surface area contributed by atoms with Gasteiger partial charge in [0, 0.05) is 0 Å². The molecular weight excluding hydrogens is 224 g/mol. The monoisotopic (exact) mass is 246 g/mol. The summed E-state index contributed by atoms with van der Waals surface area (Å²) < 4.78 is 5.62. The Kier molecular flexibility index (Phi) is 6.20. The van der Waals surface area contributed by atoms with Crippen LogP contribution in [0.1, 0.15) is 56.0 Å². The lowest BCUT2D eigenvalue weighted by atomic mass is 10.0. The summed E-state index contributed by atoms with van der Waals surface area (Å²) >= 11 is 0. The molecule has 0 spiro atoms. The Hall–Kier alpha value is -1.57. The summed E-state index contributed by atoms with van der Waals surface area (Å²) in [5, 5.41) is 0. The minimum absolute atomic E-state index is 0.636. The normalized spacial score (nSPS) is 11.4. The van der Waals surface area contributed by atoms with Crippen LogP contribution in [0, 0.1) is 0 Å². The van der Waals surface area contributed by atoms with Crippen molar-refractivity contribution < 1.29 is 9.53 Å². The van der Waals surface area contributed by atoms with Crippen molar-refractivity contribution in [3.05, 3.63) is 35.4 Å². The van der Waals surface area contributed by atoms with Crippen LogP contribution in [0.5, 0.6) is 5.75 Å². The van der Waals surface area contributed by atoms with Crippen molar-refractivity contribution in [3.8, 4) is 5.75 Å². The molecule has 0 radical (unpaired) electrons. The molecule has 0 atom stereocenters. The highest BCUT2D eigenvalue weighted by atomic mass is 16.5. The summed E-state index contributed by atoms with van der Waals surface area (Å²) in [6, 6.07) is 5.83. The molecule has 0 amide bonds. The van der Waals surface area contributed by atoms with Crippen molar-refractivity contribution in [2.24, 2.45) is 0 Å². The quantitative estimate of drug-likeness (QED) is 0.523. The van der Waals surface area contributed by atoms with E-state index < -0.39 is 0 Å². The molecule has 0 heterocycles. The maximum absolute atomic E-state index is 11.1. The number of carbonyl (C=O) groups excluding carboxylic acids is 1. The Morgan fingerprint density at radius 2 is 2.11 bits per heavy atom. The molecule has 1 rings (SSSR count). The summed E-state index contributed by atoms with van der Waals surface area (Å²) in [6.45, 7) is 6.92. The highest BCUT2D eigenvalue weighted by molar-refractivity contribution is 5.82. The highest BCUT2D eigenvalue weighted by Gasteiger charge is 2.06. The summed E-state index contributed by atoms with van der Waals surface area (Å²) in [5.41, 5.74) is 2.99. The van der Waals surface area contributed by atoms with Crippen molar-refractivity contribution in [1.82, 2.24) is 0 Å². The maximum Gasteiger partial charge on any atom is 0.153 e. The molecule has 0 aliphatic rings. The van der Waals surface area contributed by atoms with E-state index >= 15 is 0 Å². The summed E-state index contributed by atoms with van der Waals surface area (Å²) in [5.74, 6) is 0.689. The Morgan fingerprint density at radius 1 is 1.33 bits per heavy atom. The third kappa shape index (κ3) is 3.73. The molecule has 1 aromatic rings. The molecule has 0 saturated heterocycles. The van der Waals surface area contributed by atoms with Crippen LogP contribution in [0.15, 0.2) is 24.3 Å². The summed E-state index contributed by atoms with van der Waals surface area (Å²) in [4.78, 5) is 11.1. The Balaban J connectivity index is 2.92. The standard InChI is InChI=1S/C16H22O2/c1-4-7-10-18-16-9-8-14(11-15(16)12-17)13(5-2)6-3/h5,8-9,11-12H,4,6-7,10H2,1-3H3/b13-5-. The fourth-order valence-corrected chi connectivity index (χ4v) is 1.87. The molecule has 2 nitrogen and oxygen atoms in total. The van der Waals surface area contributed by atoms with E-state index in [0.717, 1.165) is 31.1 Å². The average Bonchev–Trinajstić information content (AvgIpc) is 2.41. The molecular formula is C16H22O2. The second-order valence-electron chi connectivity index (χ2n) is 4.24. The zero-order valence-electron chi connectivity index (χ0n) is 11.5. The topological polar surface area (TPSA) is 26.3 Å². The van der Waals surface area contributed by atoms with Gasteiger partial charge in [0.15, 0.2) is 6.29 Å². The van der Waals surface area contributed by atoms with Gasteiger partial charge in [-0.15, -0.1) is 0 Å². The molecule has 0 aliphatic carbocycles. The van der Waals surface area contributed by atoms with Crippen molar-refractivity contribution in [2.75, 3.05) is 6.61 Å². The van der Waals surface area contributed by atoms with E-state index in [9.17, 15) is 4.79 Å². The molecule has 98 valence electrons.